The summed E-state index contributed by atoms with van der Waals surface area (Å²) in [6, 6.07) is 7.95. The summed E-state index contributed by atoms with van der Waals surface area (Å²) in [5.41, 5.74) is -0.384. The number of Topliss-reactive ketones (excluding diaryl/α,β-unsaturated/α-hetero) is 1. The maximum Gasteiger partial charge on any atom is 0.312 e. The molecule has 3 rings (SSSR count). The second-order valence-corrected chi connectivity index (χ2v) is 8.62. The average Bonchev–Trinajstić information content (AvgIpc) is 2.82. The number of rotatable bonds is 9. The first-order valence-corrected chi connectivity index (χ1v) is 11.0. The van der Waals surface area contributed by atoms with Crippen molar-refractivity contribution in [2.75, 3.05) is 47.1 Å². The number of nitro groups is 1. The van der Waals surface area contributed by atoms with Gasteiger partial charge in [0.15, 0.2) is 12.4 Å². The molecule has 11 nitrogen and oxygen atoms in total. The lowest BCUT2D eigenvalue weighted by atomic mass is 10.1. The minimum absolute atomic E-state index is 0.158. The molecule has 1 aliphatic heterocycles. The largest absolute Gasteiger partial charge is 0.497 e. The van der Waals surface area contributed by atoms with Crippen molar-refractivity contribution in [1.82, 2.24) is 4.31 Å². The molecule has 2 aromatic carbocycles. The Balaban J connectivity index is 1.83. The summed E-state index contributed by atoms with van der Waals surface area (Å²) in [7, 11) is -1.08. The number of carbonyl (C=O) groups excluding carboxylic acids is 1. The van der Waals surface area contributed by atoms with Crippen LogP contribution in [-0.4, -0.2) is 70.6 Å². The van der Waals surface area contributed by atoms with Crippen molar-refractivity contribution in [3.05, 3.63) is 52.1 Å². The topological polar surface area (TPSA) is 135 Å². The molecule has 0 atom stereocenters. The van der Waals surface area contributed by atoms with E-state index in [9.17, 15) is 23.3 Å². The number of ether oxygens (including phenoxy) is 4. The van der Waals surface area contributed by atoms with Gasteiger partial charge >= 0.3 is 5.69 Å². The van der Waals surface area contributed by atoms with Crippen molar-refractivity contribution in [2.24, 2.45) is 0 Å². The van der Waals surface area contributed by atoms with Crippen LogP contribution >= 0.6 is 0 Å². The highest BCUT2D eigenvalue weighted by Gasteiger charge is 2.29. The van der Waals surface area contributed by atoms with Gasteiger partial charge in [0.2, 0.25) is 15.8 Å². The molecule has 0 radical (unpaired) electrons. The SMILES string of the molecule is COc1ccc(OC)c(C(=O)COc2ccc(S(=O)(=O)N3CCOCC3)cc2[N+](=O)[O-])c1. The van der Waals surface area contributed by atoms with E-state index in [1.165, 1.54) is 36.7 Å². The molecule has 12 heteroatoms. The first-order chi connectivity index (χ1) is 15.3. The summed E-state index contributed by atoms with van der Waals surface area (Å²) >= 11 is 0. The number of hydrogen-bond donors (Lipinski definition) is 0. The summed E-state index contributed by atoms with van der Waals surface area (Å²) < 4.78 is 47.6. The van der Waals surface area contributed by atoms with Crippen molar-refractivity contribution in [3.63, 3.8) is 0 Å². The number of sulfonamides is 1. The number of morpholine rings is 1. The van der Waals surface area contributed by atoms with Gasteiger partial charge in [0.25, 0.3) is 0 Å². The third-order valence-corrected chi connectivity index (χ3v) is 6.70. The molecule has 32 heavy (non-hydrogen) atoms. The van der Waals surface area contributed by atoms with Crippen LogP contribution in [0.15, 0.2) is 41.3 Å². The third-order valence-electron chi connectivity index (χ3n) is 4.80. The van der Waals surface area contributed by atoms with E-state index in [1.807, 2.05) is 0 Å². The number of carbonyl (C=O) groups is 1. The van der Waals surface area contributed by atoms with Crippen LogP contribution in [-0.2, 0) is 14.8 Å². The van der Waals surface area contributed by atoms with Crippen LogP contribution in [0.2, 0.25) is 0 Å². The second kappa shape index (κ2) is 9.94. The number of hydrogen-bond acceptors (Lipinski definition) is 9. The quantitative estimate of drug-likeness (QED) is 0.308. The fourth-order valence-electron chi connectivity index (χ4n) is 3.11. The molecule has 172 valence electrons. The normalized spacial score (nSPS) is 14.6. The predicted octanol–water partition coefficient (Wildman–Crippen LogP) is 1.89. The first kappa shape index (κ1) is 23.4. The molecule has 0 unspecified atom stereocenters. The van der Waals surface area contributed by atoms with Crippen LogP contribution in [0.1, 0.15) is 10.4 Å². The third kappa shape index (κ3) is 4.98. The molecule has 1 aliphatic rings. The zero-order valence-corrected chi connectivity index (χ0v) is 18.3. The summed E-state index contributed by atoms with van der Waals surface area (Å²) in [6.45, 7) is 0.285. The van der Waals surface area contributed by atoms with Gasteiger partial charge in [-0.15, -0.1) is 0 Å². The fourth-order valence-corrected chi connectivity index (χ4v) is 4.54. The Hall–Kier alpha value is -3.22. The minimum Gasteiger partial charge on any atom is -0.497 e. The van der Waals surface area contributed by atoms with E-state index < -0.39 is 33.0 Å². The van der Waals surface area contributed by atoms with Crippen LogP contribution in [0.25, 0.3) is 0 Å². The van der Waals surface area contributed by atoms with Gasteiger partial charge in [-0.2, -0.15) is 4.31 Å². The van der Waals surface area contributed by atoms with E-state index in [-0.39, 0.29) is 42.5 Å². The molecule has 2 aromatic rings. The zero-order valence-electron chi connectivity index (χ0n) is 17.5. The van der Waals surface area contributed by atoms with Crippen LogP contribution in [0, 0.1) is 10.1 Å². The minimum atomic E-state index is -3.93. The molecule has 0 amide bonds. The molecule has 0 saturated carbocycles. The molecule has 0 aliphatic carbocycles. The van der Waals surface area contributed by atoms with Gasteiger partial charge < -0.3 is 18.9 Å². The Kier molecular flexibility index (Phi) is 7.28. The van der Waals surface area contributed by atoms with E-state index >= 15 is 0 Å². The number of nitro benzene ring substituents is 1. The molecule has 0 spiro atoms. The monoisotopic (exact) mass is 466 g/mol. The second-order valence-electron chi connectivity index (χ2n) is 6.68. The molecule has 0 N–H and O–H groups in total. The van der Waals surface area contributed by atoms with Gasteiger partial charge in [-0.05, 0) is 30.3 Å². The van der Waals surface area contributed by atoms with Crippen LogP contribution in [0.4, 0.5) is 5.69 Å². The highest BCUT2D eigenvalue weighted by atomic mass is 32.2. The number of methoxy groups -OCH3 is 2. The van der Waals surface area contributed by atoms with Gasteiger partial charge in [-0.25, -0.2) is 8.42 Å². The van der Waals surface area contributed by atoms with Crippen molar-refractivity contribution in [1.29, 1.82) is 0 Å². The average molecular weight is 466 g/mol. The van der Waals surface area contributed by atoms with Gasteiger partial charge in [0, 0.05) is 19.2 Å². The first-order valence-electron chi connectivity index (χ1n) is 9.52. The maximum absolute atomic E-state index is 12.8. The molecule has 0 bridgehead atoms. The predicted molar refractivity (Wildman–Crippen MR) is 112 cm³/mol. The van der Waals surface area contributed by atoms with Gasteiger partial charge in [0.1, 0.15) is 11.5 Å². The van der Waals surface area contributed by atoms with Crippen molar-refractivity contribution in [3.8, 4) is 17.2 Å². The van der Waals surface area contributed by atoms with Crippen LogP contribution in [0.5, 0.6) is 17.2 Å². The van der Waals surface area contributed by atoms with E-state index in [0.29, 0.717) is 11.5 Å². The number of nitrogens with zero attached hydrogens (tertiary/aromatic N) is 2. The number of ketones is 1. The smallest absolute Gasteiger partial charge is 0.312 e. The number of benzene rings is 2. The summed E-state index contributed by atoms with van der Waals surface area (Å²) in [6.07, 6.45) is 0. The maximum atomic E-state index is 12.8. The lowest BCUT2D eigenvalue weighted by molar-refractivity contribution is -0.386. The Bertz CT molecular complexity index is 1110. The van der Waals surface area contributed by atoms with E-state index in [0.717, 1.165) is 6.07 Å². The Morgan fingerprint density at radius 3 is 2.41 bits per heavy atom. The molecule has 1 heterocycles. The van der Waals surface area contributed by atoms with Gasteiger partial charge in [-0.1, -0.05) is 0 Å². The summed E-state index contributed by atoms with van der Waals surface area (Å²) in [4.78, 5) is 23.2. The summed E-state index contributed by atoms with van der Waals surface area (Å²) in [5.74, 6) is -0.00939. The standard InChI is InChI=1S/C20H22N2O9S/c1-28-14-3-5-19(29-2)16(11-14)18(23)13-31-20-6-4-15(12-17(20)22(24)25)32(26,27)21-7-9-30-10-8-21/h3-6,11-12H,7-10,13H2,1-2H3. The fraction of sp³-hybridized carbons (Fsp3) is 0.350. The Morgan fingerprint density at radius 1 is 1.09 bits per heavy atom. The van der Waals surface area contributed by atoms with Crippen molar-refractivity contribution < 1.29 is 37.1 Å². The molecule has 1 saturated heterocycles. The zero-order chi connectivity index (χ0) is 23.3. The van der Waals surface area contributed by atoms with E-state index in [4.69, 9.17) is 18.9 Å². The van der Waals surface area contributed by atoms with Crippen LogP contribution in [0.3, 0.4) is 0 Å². The molecular weight excluding hydrogens is 444 g/mol. The Morgan fingerprint density at radius 2 is 1.78 bits per heavy atom. The van der Waals surface area contributed by atoms with Gasteiger partial charge in [0.05, 0.1) is 42.8 Å². The highest BCUT2D eigenvalue weighted by molar-refractivity contribution is 7.89. The van der Waals surface area contributed by atoms with Crippen molar-refractivity contribution >= 4 is 21.5 Å². The lowest BCUT2D eigenvalue weighted by Gasteiger charge is -2.26. The molecule has 1 fully saturated rings. The van der Waals surface area contributed by atoms with Crippen molar-refractivity contribution in [2.45, 2.75) is 4.90 Å². The Labute approximate surface area is 184 Å². The molecule has 0 aromatic heterocycles. The highest BCUT2D eigenvalue weighted by Crippen LogP contribution is 2.32. The lowest BCUT2D eigenvalue weighted by Crippen LogP contribution is -2.40. The van der Waals surface area contributed by atoms with Crippen LogP contribution < -0.4 is 14.2 Å². The molecular formula is C20H22N2O9S. The van der Waals surface area contributed by atoms with E-state index in [1.54, 1.807) is 12.1 Å². The summed E-state index contributed by atoms with van der Waals surface area (Å²) in [5, 5.41) is 11.6. The van der Waals surface area contributed by atoms with Gasteiger partial charge in [-0.3, -0.25) is 14.9 Å². The van der Waals surface area contributed by atoms with E-state index in [2.05, 4.69) is 0 Å².